The van der Waals surface area contributed by atoms with Gasteiger partial charge in [-0.1, -0.05) is 37.5 Å². The van der Waals surface area contributed by atoms with Crippen LogP contribution in [-0.4, -0.2) is 18.9 Å². The summed E-state index contributed by atoms with van der Waals surface area (Å²) in [6, 6.07) is 14.2. The second kappa shape index (κ2) is 9.17. The van der Waals surface area contributed by atoms with Gasteiger partial charge >= 0.3 is 5.97 Å². The third-order valence-corrected chi connectivity index (χ3v) is 4.82. The maximum atomic E-state index is 12.3. The summed E-state index contributed by atoms with van der Waals surface area (Å²) >= 11 is 0. The molecule has 3 rings (SSSR count). The average Bonchev–Trinajstić information content (AvgIpc) is 2.73. The van der Waals surface area contributed by atoms with Crippen molar-refractivity contribution in [2.24, 2.45) is 5.92 Å². The van der Waals surface area contributed by atoms with Gasteiger partial charge in [0.05, 0.1) is 13.0 Å². The molecular formula is C23H24O4. The Bertz CT molecular complexity index is 815. The van der Waals surface area contributed by atoms with Crippen LogP contribution in [0.4, 0.5) is 0 Å². The van der Waals surface area contributed by atoms with Crippen LogP contribution in [0.25, 0.3) is 6.08 Å². The molecule has 0 amide bonds. The van der Waals surface area contributed by atoms with Crippen molar-refractivity contribution in [2.45, 2.75) is 32.1 Å². The van der Waals surface area contributed by atoms with Crippen molar-refractivity contribution in [1.82, 2.24) is 0 Å². The summed E-state index contributed by atoms with van der Waals surface area (Å²) in [4.78, 5) is 24.6. The summed E-state index contributed by atoms with van der Waals surface area (Å²) in [6.07, 6.45) is 8.45. The van der Waals surface area contributed by atoms with Crippen LogP contribution in [0, 0.1) is 5.92 Å². The smallest absolute Gasteiger partial charge is 0.314 e. The SMILES string of the molecule is COc1ccc(C(=O)/C=C/c2cccc(OC(=O)C3CCCCC3)c2)cc1. The van der Waals surface area contributed by atoms with E-state index in [0.717, 1.165) is 31.2 Å². The number of esters is 1. The summed E-state index contributed by atoms with van der Waals surface area (Å²) in [5, 5.41) is 0. The predicted octanol–water partition coefficient (Wildman–Crippen LogP) is 5.08. The first-order chi connectivity index (χ1) is 13.2. The number of carbonyl (C=O) groups excluding carboxylic acids is 2. The van der Waals surface area contributed by atoms with Gasteiger partial charge in [-0.15, -0.1) is 0 Å². The van der Waals surface area contributed by atoms with Gasteiger partial charge in [0.15, 0.2) is 5.78 Å². The van der Waals surface area contributed by atoms with Gasteiger partial charge in [-0.3, -0.25) is 9.59 Å². The number of ether oxygens (including phenoxy) is 2. The number of benzene rings is 2. The van der Waals surface area contributed by atoms with Gasteiger partial charge in [-0.05, 0) is 60.9 Å². The summed E-state index contributed by atoms with van der Waals surface area (Å²) in [5.41, 5.74) is 1.40. The van der Waals surface area contributed by atoms with E-state index in [0.29, 0.717) is 17.1 Å². The van der Waals surface area contributed by atoms with Crippen LogP contribution >= 0.6 is 0 Å². The van der Waals surface area contributed by atoms with E-state index in [9.17, 15) is 9.59 Å². The molecule has 140 valence electrons. The van der Waals surface area contributed by atoms with Crippen molar-refractivity contribution in [3.8, 4) is 11.5 Å². The van der Waals surface area contributed by atoms with Gasteiger partial charge in [0.25, 0.3) is 0 Å². The number of methoxy groups -OCH3 is 1. The van der Waals surface area contributed by atoms with Crippen molar-refractivity contribution in [2.75, 3.05) is 7.11 Å². The lowest BCUT2D eigenvalue weighted by Gasteiger charge is -2.19. The van der Waals surface area contributed by atoms with Crippen LogP contribution in [0.1, 0.15) is 48.0 Å². The Morgan fingerprint density at radius 3 is 2.41 bits per heavy atom. The zero-order chi connectivity index (χ0) is 19.1. The largest absolute Gasteiger partial charge is 0.497 e. The van der Waals surface area contributed by atoms with Crippen LogP contribution in [0.15, 0.2) is 54.6 Å². The summed E-state index contributed by atoms with van der Waals surface area (Å²) in [6.45, 7) is 0. The zero-order valence-corrected chi connectivity index (χ0v) is 15.5. The van der Waals surface area contributed by atoms with Gasteiger partial charge in [0, 0.05) is 5.56 Å². The van der Waals surface area contributed by atoms with E-state index >= 15 is 0 Å². The highest BCUT2D eigenvalue weighted by Gasteiger charge is 2.22. The number of hydrogen-bond donors (Lipinski definition) is 0. The van der Waals surface area contributed by atoms with Crippen molar-refractivity contribution in [1.29, 1.82) is 0 Å². The number of rotatable bonds is 6. The lowest BCUT2D eigenvalue weighted by atomic mass is 9.89. The third-order valence-electron chi connectivity index (χ3n) is 4.82. The van der Waals surface area contributed by atoms with Crippen LogP contribution < -0.4 is 9.47 Å². The Hall–Kier alpha value is -2.88. The first-order valence-electron chi connectivity index (χ1n) is 9.34. The minimum absolute atomic E-state index is 0.00889. The molecule has 0 heterocycles. The van der Waals surface area contributed by atoms with Gasteiger partial charge in [-0.2, -0.15) is 0 Å². The molecule has 0 N–H and O–H groups in total. The lowest BCUT2D eigenvalue weighted by molar-refractivity contribution is -0.139. The first kappa shape index (κ1) is 18.9. The maximum Gasteiger partial charge on any atom is 0.314 e. The van der Waals surface area contributed by atoms with Crippen LogP contribution in [0.3, 0.4) is 0 Å². The lowest BCUT2D eigenvalue weighted by Crippen LogP contribution is -2.22. The predicted molar refractivity (Wildman–Crippen MR) is 105 cm³/mol. The van der Waals surface area contributed by atoms with Crippen LogP contribution in [0.5, 0.6) is 11.5 Å². The monoisotopic (exact) mass is 364 g/mol. The Labute approximate surface area is 159 Å². The number of hydrogen-bond acceptors (Lipinski definition) is 4. The topological polar surface area (TPSA) is 52.6 Å². The molecule has 2 aromatic rings. The first-order valence-corrected chi connectivity index (χ1v) is 9.34. The molecule has 0 unspecified atom stereocenters. The Morgan fingerprint density at radius 1 is 0.963 bits per heavy atom. The van der Waals surface area contributed by atoms with E-state index < -0.39 is 0 Å². The quantitative estimate of drug-likeness (QED) is 0.310. The fraction of sp³-hybridized carbons (Fsp3) is 0.304. The second-order valence-electron chi connectivity index (χ2n) is 6.75. The molecule has 0 aliphatic heterocycles. The molecule has 1 fully saturated rings. The van der Waals surface area contributed by atoms with Gasteiger partial charge in [-0.25, -0.2) is 0 Å². The molecule has 1 saturated carbocycles. The van der Waals surface area contributed by atoms with Crippen molar-refractivity contribution >= 4 is 17.8 Å². The molecule has 1 aliphatic rings. The van der Waals surface area contributed by atoms with Crippen LogP contribution in [-0.2, 0) is 4.79 Å². The highest BCUT2D eigenvalue weighted by Crippen LogP contribution is 2.26. The maximum absolute atomic E-state index is 12.3. The Balaban J connectivity index is 1.63. The molecule has 4 heteroatoms. The van der Waals surface area contributed by atoms with Gasteiger partial charge in [0.2, 0.25) is 0 Å². The minimum Gasteiger partial charge on any atom is -0.497 e. The highest BCUT2D eigenvalue weighted by molar-refractivity contribution is 6.06. The van der Waals surface area contributed by atoms with E-state index in [4.69, 9.17) is 9.47 Å². The standard InChI is InChI=1S/C23H24O4/c1-26-20-13-11-18(12-14-20)22(24)15-10-17-6-5-9-21(16-17)27-23(25)19-7-3-2-4-8-19/h5-6,9-16,19H,2-4,7-8H2,1H3/b15-10+. The van der Waals surface area contributed by atoms with Crippen LogP contribution in [0.2, 0.25) is 0 Å². The fourth-order valence-electron chi connectivity index (χ4n) is 3.24. The average molecular weight is 364 g/mol. The minimum atomic E-state index is -0.148. The van der Waals surface area contributed by atoms with E-state index in [1.165, 1.54) is 12.5 Å². The molecule has 0 bridgehead atoms. The number of allylic oxidation sites excluding steroid dienone is 1. The number of ketones is 1. The van der Waals surface area contributed by atoms with Crippen molar-refractivity contribution in [3.05, 3.63) is 65.7 Å². The van der Waals surface area contributed by atoms with Gasteiger partial charge in [0.1, 0.15) is 11.5 Å². The molecule has 4 nitrogen and oxygen atoms in total. The second-order valence-corrected chi connectivity index (χ2v) is 6.75. The zero-order valence-electron chi connectivity index (χ0n) is 15.5. The molecule has 0 atom stereocenters. The third kappa shape index (κ3) is 5.30. The fourth-order valence-corrected chi connectivity index (χ4v) is 3.24. The van der Waals surface area contributed by atoms with Crippen molar-refractivity contribution in [3.63, 3.8) is 0 Å². The normalized spacial score (nSPS) is 14.9. The Kier molecular flexibility index (Phi) is 6.42. The van der Waals surface area contributed by atoms with E-state index in [1.807, 2.05) is 12.1 Å². The summed E-state index contributed by atoms with van der Waals surface area (Å²) in [5.74, 6) is 0.995. The van der Waals surface area contributed by atoms with E-state index in [-0.39, 0.29) is 17.7 Å². The van der Waals surface area contributed by atoms with E-state index in [1.54, 1.807) is 49.6 Å². The molecular weight excluding hydrogens is 340 g/mol. The number of carbonyl (C=O) groups is 2. The van der Waals surface area contributed by atoms with Gasteiger partial charge < -0.3 is 9.47 Å². The van der Waals surface area contributed by atoms with Crippen molar-refractivity contribution < 1.29 is 19.1 Å². The summed E-state index contributed by atoms with van der Waals surface area (Å²) < 4.78 is 10.6. The molecule has 0 saturated heterocycles. The molecule has 27 heavy (non-hydrogen) atoms. The summed E-state index contributed by atoms with van der Waals surface area (Å²) in [7, 11) is 1.59. The van der Waals surface area contributed by atoms with E-state index in [2.05, 4.69) is 0 Å². The molecule has 2 aromatic carbocycles. The highest BCUT2D eigenvalue weighted by atomic mass is 16.5. The molecule has 1 aliphatic carbocycles. The molecule has 0 spiro atoms. The Morgan fingerprint density at radius 2 is 1.70 bits per heavy atom. The molecule has 0 radical (unpaired) electrons. The molecule has 0 aromatic heterocycles.